The molecular formula is C7H10N2O2S2+. The molecule has 1 heterocycles. The molecule has 0 amide bonds. The number of thioether (sulfide) groups is 1. The molecule has 0 aliphatic carbocycles. The molecule has 1 rings (SSSR count). The van der Waals surface area contributed by atoms with Gasteiger partial charge in [0.1, 0.15) is 0 Å². The molecule has 2 N–H and O–H groups in total. The summed E-state index contributed by atoms with van der Waals surface area (Å²) >= 11 is 1.35. The number of aromatic nitrogens is 1. The van der Waals surface area contributed by atoms with Gasteiger partial charge in [0.15, 0.2) is 12.4 Å². The van der Waals surface area contributed by atoms with E-state index in [0.717, 1.165) is 4.90 Å². The third kappa shape index (κ3) is 3.75. The molecule has 0 unspecified atom stereocenters. The highest BCUT2D eigenvalue weighted by atomic mass is 32.2. The smallest absolute Gasteiger partial charge is 0.223 e. The molecule has 0 saturated carbocycles. The summed E-state index contributed by atoms with van der Waals surface area (Å²) in [5.41, 5.74) is 0. The number of primary sulfonamides is 1. The second-order valence-corrected chi connectivity index (χ2v) is 4.83. The van der Waals surface area contributed by atoms with Crippen molar-refractivity contribution in [3.63, 3.8) is 0 Å². The normalized spacial score (nSPS) is 11.5. The molecule has 1 radical (unpaired) electrons. The SMILES string of the molecule is [CH2]Sc1cc[n+](CS(N)(=O)=O)cc1. The minimum absolute atomic E-state index is 0.199. The molecule has 0 atom stereocenters. The molecule has 71 valence electrons. The van der Waals surface area contributed by atoms with Gasteiger partial charge in [-0.1, -0.05) is 0 Å². The zero-order valence-corrected chi connectivity index (χ0v) is 8.51. The van der Waals surface area contributed by atoms with Crippen LogP contribution < -0.4 is 9.71 Å². The first-order valence-electron chi connectivity index (χ1n) is 3.43. The van der Waals surface area contributed by atoms with Gasteiger partial charge in [-0.15, -0.1) is 11.8 Å². The largest absolute Gasteiger partial charge is 0.270 e. The lowest BCUT2D eigenvalue weighted by atomic mass is 10.5. The van der Waals surface area contributed by atoms with Crippen molar-refractivity contribution in [3.8, 4) is 0 Å². The summed E-state index contributed by atoms with van der Waals surface area (Å²) in [6.45, 7) is 0. The molecule has 1 aromatic heterocycles. The maximum Gasteiger partial charge on any atom is 0.270 e. The standard InChI is InChI=1S/C7H10N2O2S2/c1-12-7-2-4-9(5-3-7)6-13(8,10)11/h2-5H,1,6H2,(H2,8,10,11)/q+1. The topological polar surface area (TPSA) is 64.0 Å². The predicted molar refractivity (Wildman–Crippen MR) is 51.0 cm³/mol. The van der Waals surface area contributed by atoms with Gasteiger partial charge in [-0.05, 0) is 0 Å². The average molecular weight is 218 g/mol. The van der Waals surface area contributed by atoms with E-state index < -0.39 is 10.0 Å². The fourth-order valence-electron chi connectivity index (χ4n) is 0.834. The Morgan fingerprint density at radius 2 is 2.00 bits per heavy atom. The Kier molecular flexibility index (Phi) is 3.29. The number of hydrogen-bond acceptors (Lipinski definition) is 3. The summed E-state index contributed by atoms with van der Waals surface area (Å²) in [6.07, 6.45) is 6.93. The van der Waals surface area contributed by atoms with E-state index in [4.69, 9.17) is 5.14 Å². The van der Waals surface area contributed by atoms with E-state index >= 15 is 0 Å². The molecular weight excluding hydrogens is 208 g/mol. The summed E-state index contributed by atoms with van der Waals surface area (Å²) < 4.78 is 22.9. The number of rotatable bonds is 3. The number of nitrogens with two attached hydrogens (primary N) is 1. The first kappa shape index (κ1) is 10.5. The van der Waals surface area contributed by atoms with Crippen molar-refractivity contribution in [2.75, 3.05) is 0 Å². The van der Waals surface area contributed by atoms with Crippen LogP contribution in [0.2, 0.25) is 0 Å². The van der Waals surface area contributed by atoms with Crippen LogP contribution in [-0.4, -0.2) is 8.42 Å². The van der Waals surface area contributed by atoms with Gasteiger partial charge < -0.3 is 0 Å². The average Bonchev–Trinajstić information content (AvgIpc) is 2.03. The Bertz CT molecular complexity index is 372. The molecule has 0 saturated heterocycles. The Labute approximate surface area is 81.8 Å². The van der Waals surface area contributed by atoms with Gasteiger partial charge >= 0.3 is 0 Å². The van der Waals surface area contributed by atoms with Crippen molar-refractivity contribution in [1.82, 2.24) is 0 Å². The van der Waals surface area contributed by atoms with E-state index in [0.29, 0.717) is 0 Å². The van der Waals surface area contributed by atoms with Gasteiger partial charge in [0.25, 0.3) is 15.9 Å². The highest BCUT2D eigenvalue weighted by Crippen LogP contribution is 2.12. The zero-order valence-electron chi connectivity index (χ0n) is 6.88. The summed E-state index contributed by atoms with van der Waals surface area (Å²) in [5.74, 6) is -0.199. The first-order valence-corrected chi connectivity index (χ1v) is 6.13. The van der Waals surface area contributed by atoms with Crippen molar-refractivity contribution < 1.29 is 13.0 Å². The summed E-state index contributed by atoms with van der Waals surface area (Å²) in [6, 6.07) is 3.56. The van der Waals surface area contributed by atoms with E-state index in [9.17, 15) is 8.42 Å². The van der Waals surface area contributed by atoms with E-state index in [1.165, 1.54) is 16.3 Å². The fourth-order valence-corrected chi connectivity index (χ4v) is 1.74. The molecule has 0 fully saturated rings. The van der Waals surface area contributed by atoms with Gasteiger partial charge in [0.2, 0.25) is 0 Å². The van der Waals surface area contributed by atoms with Crippen LogP contribution in [0.3, 0.4) is 0 Å². The Morgan fingerprint density at radius 1 is 1.46 bits per heavy atom. The predicted octanol–water partition coefficient (Wildman–Crippen LogP) is 0.104. The van der Waals surface area contributed by atoms with Gasteiger partial charge in [-0.25, -0.2) is 13.6 Å². The van der Waals surface area contributed by atoms with E-state index in [-0.39, 0.29) is 5.88 Å². The lowest BCUT2D eigenvalue weighted by Crippen LogP contribution is -2.39. The maximum absolute atomic E-state index is 10.7. The fraction of sp³-hybridized carbons (Fsp3) is 0.143. The van der Waals surface area contributed by atoms with Gasteiger partial charge in [-0.2, -0.15) is 4.57 Å². The van der Waals surface area contributed by atoms with Crippen LogP contribution in [0, 0.1) is 6.26 Å². The lowest BCUT2D eigenvalue weighted by molar-refractivity contribution is -0.677. The molecule has 0 aliphatic heterocycles. The Morgan fingerprint density at radius 3 is 2.38 bits per heavy atom. The number of sulfonamides is 1. The van der Waals surface area contributed by atoms with Crippen LogP contribution in [0.1, 0.15) is 0 Å². The van der Waals surface area contributed by atoms with Crippen LogP contribution in [0.15, 0.2) is 29.4 Å². The van der Waals surface area contributed by atoms with E-state index in [1.54, 1.807) is 24.5 Å². The molecule has 0 aliphatic rings. The second-order valence-electron chi connectivity index (χ2n) is 2.48. The maximum atomic E-state index is 10.7. The first-order chi connectivity index (χ1) is 6.01. The molecule has 0 spiro atoms. The van der Waals surface area contributed by atoms with E-state index in [1.807, 2.05) is 0 Å². The molecule has 0 aromatic carbocycles. The molecule has 4 nitrogen and oxygen atoms in total. The third-order valence-corrected chi connectivity index (χ3v) is 2.62. The highest BCUT2D eigenvalue weighted by Gasteiger charge is 2.09. The Hall–Kier alpha value is -0.590. The van der Waals surface area contributed by atoms with Crippen LogP contribution in [0.25, 0.3) is 0 Å². The minimum Gasteiger partial charge on any atom is -0.223 e. The lowest BCUT2D eigenvalue weighted by Gasteiger charge is -1.95. The molecule has 0 bridgehead atoms. The van der Waals surface area contributed by atoms with Gasteiger partial charge in [0.05, 0.1) is 0 Å². The summed E-state index contributed by atoms with van der Waals surface area (Å²) in [7, 11) is -3.46. The zero-order chi connectivity index (χ0) is 9.90. The monoisotopic (exact) mass is 218 g/mol. The van der Waals surface area contributed by atoms with Gasteiger partial charge in [0, 0.05) is 23.3 Å². The summed E-state index contributed by atoms with van der Waals surface area (Å²) in [5, 5.41) is 4.87. The van der Waals surface area contributed by atoms with Gasteiger partial charge in [-0.3, -0.25) is 0 Å². The van der Waals surface area contributed by atoms with Crippen LogP contribution >= 0.6 is 11.8 Å². The van der Waals surface area contributed by atoms with Crippen molar-refractivity contribution in [3.05, 3.63) is 30.8 Å². The molecule has 13 heavy (non-hydrogen) atoms. The highest BCUT2D eigenvalue weighted by molar-refractivity contribution is 8.00. The van der Waals surface area contributed by atoms with Crippen molar-refractivity contribution in [2.24, 2.45) is 5.14 Å². The number of pyridine rings is 1. The minimum atomic E-state index is -3.46. The summed E-state index contributed by atoms with van der Waals surface area (Å²) in [4.78, 5) is 0.977. The van der Waals surface area contributed by atoms with Crippen molar-refractivity contribution in [2.45, 2.75) is 10.8 Å². The third-order valence-electron chi connectivity index (χ3n) is 1.36. The quantitative estimate of drug-likeness (QED) is 0.578. The van der Waals surface area contributed by atoms with E-state index in [2.05, 4.69) is 6.26 Å². The number of hydrogen-bond donors (Lipinski definition) is 1. The van der Waals surface area contributed by atoms with Crippen LogP contribution in [-0.2, 0) is 15.9 Å². The Balaban J connectivity index is 2.81. The van der Waals surface area contributed by atoms with Crippen LogP contribution in [0.5, 0.6) is 0 Å². The van der Waals surface area contributed by atoms with Crippen molar-refractivity contribution in [1.29, 1.82) is 0 Å². The van der Waals surface area contributed by atoms with Crippen LogP contribution in [0.4, 0.5) is 0 Å². The second kappa shape index (κ2) is 4.08. The number of nitrogens with zero attached hydrogens (tertiary/aromatic N) is 1. The van der Waals surface area contributed by atoms with Crippen molar-refractivity contribution >= 4 is 21.8 Å². The molecule has 6 heteroatoms. The molecule has 1 aromatic rings.